The van der Waals surface area contributed by atoms with Crippen molar-refractivity contribution in [1.29, 1.82) is 0 Å². The summed E-state index contributed by atoms with van der Waals surface area (Å²) in [5.41, 5.74) is 9.80. The van der Waals surface area contributed by atoms with E-state index in [1.807, 2.05) is 25.1 Å². The van der Waals surface area contributed by atoms with Gasteiger partial charge in [-0.05, 0) is 73.4 Å². The molecule has 8 heteroatoms. The molecular formula is C32H35ClN4O2S. The van der Waals surface area contributed by atoms with Gasteiger partial charge >= 0.3 is 5.97 Å². The Morgan fingerprint density at radius 2 is 1.77 bits per heavy atom. The zero-order chi connectivity index (χ0) is 28.2. The lowest BCUT2D eigenvalue weighted by molar-refractivity contribution is -0.136. The Bertz CT molecular complexity index is 1620. The van der Waals surface area contributed by atoms with Crippen molar-refractivity contribution in [3.63, 3.8) is 0 Å². The number of pyridine rings is 1. The molecular weight excluding hydrogens is 540 g/mol. The predicted octanol–water partition coefficient (Wildman–Crippen LogP) is 7.44. The van der Waals surface area contributed by atoms with E-state index in [1.165, 1.54) is 11.1 Å². The van der Waals surface area contributed by atoms with Crippen LogP contribution in [0.15, 0.2) is 36.4 Å². The number of aryl methyl sites for hydroxylation is 2. The molecule has 2 aliphatic heterocycles. The Hall–Kier alpha value is -3.16. The summed E-state index contributed by atoms with van der Waals surface area (Å²) in [7, 11) is 0. The van der Waals surface area contributed by atoms with Crippen LogP contribution in [0, 0.1) is 19.3 Å². The van der Waals surface area contributed by atoms with Crippen molar-refractivity contribution in [1.82, 2.24) is 9.97 Å². The molecule has 0 atom stereocenters. The molecule has 4 aromatic rings. The number of thiazole rings is 1. The average molecular weight is 575 g/mol. The zero-order valence-corrected chi connectivity index (χ0v) is 25.1. The monoisotopic (exact) mass is 574 g/mol. The Labute approximate surface area is 244 Å². The zero-order valence-electron chi connectivity index (χ0n) is 23.6. The molecule has 2 aromatic carbocycles. The van der Waals surface area contributed by atoms with Crippen LogP contribution in [0.2, 0.25) is 5.02 Å². The molecule has 0 unspecified atom stereocenters. The van der Waals surface area contributed by atoms with Crippen LogP contribution in [-0.2, 0) is 24.2 Å². The molecule has 6 rings (SSSR count). The first-order chi connectivity index (χ1) is 19.1. The van der Waals surface area contributed by atoms with E-state index in [0.29, 0.717) is 5.41 Å². The van der Waals surface area contributed by atoms with Crippen molar-refractivity contribution >= 4 is 49.9 Å². The van der Waals surface area contributed by atoms with Gasteiger partial charge in [0, 0.05) is 53.7 Å². The topological polar surface area (TPSA) is 69.6 Å². The molecule has 0 radical (unpaired) electrons. The molecule has 4 heterocycles. The SMILES string of the molecule is Cc1nc(C)c(-c2ccc3c(c2)CCN(c2nc4ccc(Cl)cc4s2)C3)c(N2CCC(C)(C)CC2)c1CC(=O)O. The van der Waals surface area contributed by atoms with Crippen LogP contribution in [0.5, 0.6) is 0 Å². The molecule has 0 aliphatic carbocycles. The number of halogens is 1. The number of hydrogen-bond donors (Lipinski definition) is 1. The third-order valence-corrected chi connectivity index (χ3v) is 9.85. The minimum Gasteiger partial charge on any atom is -0.481 e. The summed E-state index contributed by atoms with van der Waals surface area (Å²) in [5, 5.41) is 11.6. The summed E-state index contributed by atoms with van der Waals surface area (Å²) < 4.78 is 1.11. The van der Waals surface area contributed by atoms with Gasteiger partial charge in [0.15, 0.2) is 5.13 Å². The maximum Gasteiger partial charge on any atom is 0.307 e. The van der Waals surface area contributed by atoms with Crippen LogP contribution in [0.4, 0.5) is 10.8 Å². The standard InChI is InChI=1S/C32H35ClN4O2S/c1-19-25(17-28(38)39)30(36-13-10-32(3,4)11-14-36)29(20(2)34-19)22-5-6-23-18-37(12-9-21(23)15-22)31-35-26-8-7-24(33)16-27(26)40-31/h5-8,15-16H,9-14,17-18H2,1-4H3,(H,38,39). The number of nitrogens with zero attached hydrogens (tertiary/aromatic N) is 4. The quantitative estimate of drug-likeness (QED) is 0.267. The number of benzene rings is 2. The van der Waals surface area contributed by atoms with Gasteiger partial charge in [-0.1, -0.05) is 55.0 Å². The van der Waals surface area contributed by atoms with Crippen LogP contribution < -0.4 is 9.80 Å². The van der Waals surface area contributed by atoms with Crippen LogP contribution in [0.25, 0.3) is 21.3 Å². The highest BCUT2D eigenvalue weighted by atomic mass is 35.5. The molecule has 0 amide bonds. The predicted molar refractivity (Wildman–Crippen MR) is 165 cm³/mol. The van der Waals surface area contributed by atoms with Crippen molar-refractivity contribution in [2.45, 2.75) is 59.9 Å². The number of piperidine rings is 1. The second-order valence-corrected chi connectivity index (χ2v) is 13.4. The van der Waals surface area contributed by atoms with E-state index in [0.717, 1.165) is 99.6 Å². The van der Waals surface area contributed by atoms with Gasteiger partial charge < -0.3 is 14.9 Å². The Kier molecular flexibility index (Phi) is 6.99. The number of carbonyl (C=O) groups is 1. The molecule has 2 aromatic heterocycles. The molecule has 1 N–H and O–H groups in total. The number of carboxylic acid groups (broad SMARTS) is 1. The van der Waals surface area contributed by atoms with Crippen molar-refractivity contribution in [3.8, 4) is 11.1 Å². The molecule has 208 valence electrons. The number of hydrogen-bond acceptors (Lipinski definition) is 6. The number of carboxylic acids is 1. The van der Waals surface area contributed by atoms with E-state index in [2.05, 4.69) is 48.8 Å². The number of rotatable bonds is 5. The van der Waals surface area contributed by atoms with E-state index in [1.54, 1.807) is 11.3 Å². The van der Waals surface area contributed by atoms with Crippen LogP contribution in [0.3, 0.4) is 0 Å². The van der Waals surface area contributed by atoms with Crippen LogP contribution >= 0.6 is 22.9 Å². The van der Waals surface area contributed by atoms with Gasteiger partial charge in [-0.2, -0.15) is 0 Å². The summed E-state index contributed by atoms with van der Waals surface area (Å²) in [4.78, 5) is 26.4. The Morgan fingerprint density at radius 3 is 2.52 bits per heavy atom. The van der Waals surface area contributed by atoms with Crippen molar-refractivity contribution < 1.29 is 9.90 Å². The van der Waals surface area contributed by atoms with Gasteiger partial charge in [-0.3, -0.25) is 9.78 Å². The van der Waals surface area contributed by atoms with Gasteiger partial charge in [0.1, 0.15) is 0 Å². The maximum absolute atomic E-state index is 11.9. The summed E-state index contributed by atoms with van der Waals surface area (Å²) in [6, 6.07) is 12.6. The average Bonchev–Trinajstić information content (AvgIpc) is 3.33. The summed E-state index contributed by atoms with van der Waals surface area (Å²) in [5.74, 6) is -0.819. The van der Waals surface area contributed by atoms with Gasteiger partial charge in [-0.15, -0.1) is 0 Å². The van der Waals surface area contributed by atoms with Gasteiger partial charge in [0.05, 0.1) is 22.3 Å². The minimum absolute atomic E-state index is 0.0192. The second-order valence-electron chi connectivity index (χ2n) is 12.0. The fourth-order valence-corrected chi connectivity index (χ4v) is 7.42. The number of anilines is 2. The third kappa shape index (κ3) is 5.17. The third-order valence-electron chi connectivity index (χ3n) is 8.53. The van der Waals surface area contributed by atoms with E-state index < -0.39 is 5.97 Å². The maximum atomic E-state index is 11.9. The highest BCUT2D eigenvalue weighted by Gasteiger charge is 2.30. The number of aromatic nitrogens is 2. The number of aliphatic carboxylic acids is 1. The lowest BCUT2D eigenvalue weighted by Gasteiger charge is -2.40. The van der Waals surface area contributed by atoms with E-state index in [9.17, 15) is 9.90 Å². The lowest BCUT2D eigenvalue weighted by Crippen LogP contribution is -2.38. The molecule has 0 spiro atoms. The summed E-state index contributed by atoms with van der Waals surface area (Å²) in [6.07, 6.45) is 3.07. The van der Waals surface area contributed by atoms with Gasteiger partial charge in [0.25, 0.3) is 0 Å². The highest BCUT2D eigenvalue weighted by molar-refractivity contribution is 7.22. The highest BCUT2D eigenvalue weighted by Crippen LogP contribution is 2.42. The van der Waals surface area contributed by atoms with E-state index >= 15 is 0 Å². The first-order valence-electron chi connectivity index (χ1n) is 14.0. The molecule has 1 fully saturated rings. The smallest absolute Gasteiger partial charge is 0.307 e. The Morgan fingerprint density at radius 1 is 1.00 bits per heavy atom. The van der Waals surface area contributed by atoms with E-state index in [4.69, 9.17) is 21.6 Å². The fourth-order valence-electron chi connectivity index (χ4n) is 6.15. The van der Waals surface area contributed by atoms with E-state index in [-0.39, 0.29) is 6.42 Å². The Balaban J connectivity index is 1.37. The number of fused-ring (bicyclic) bond motifs is 2. The largest absolute Gasteiger partial charge is 0.481 e. The molecule has 0 saturated carbocycles. The van der Waals surface area contributed by atoms with Crippen molar-refractivity contribution in [3.05, 3.63) is 69.5 Å². The molecule has 1 saturated heterocycles. The second kappa shape index (κ2) is 10.3. The first kappa shape index (κ1) is 27.0. The normalized spacial score (nSPS) is 16.8. The van der Waals surface area contributed by atoms with Gasteiger partial charge in [-0.25, -0.2) is 4.98 Å². The molecule has 0 bridgehead atoms. The molecule has 6 nitrogen and oxygen atoms in total. The molecule has 40 heavy (non-hydrogen) atoms. The summed E-state index contributed by atoms with van der Waals surface area (Å²) in [6.45, 7) is 12.2. The lowest BCUT2D eigenvalue weighted by atomic mass is 9.82. The minimum atomic E-state index is -0.819. The first-order valence-corrected chi connectivity index (χ1v) is 15.2. The van der Waals surface area contributed by atoms with Crippen molar-refractivity contribution in [2.24, 2.45) is 5.41 Å². The summed E-state index contributed by atoms with van der Waals surface area (Å²) >= 11 is 7.89. The van der Waals surface area contributed by atoms with Gasteiger partial charge in [0.2, 0.25) is 0 Å². The fraction of sp³-hybridized carbons (Fsp3) is 0.406. The van der Waals surface area contributed by atoms with Crippen molar-refractivity contribution in [2.75, 3.05) is 29.4 Å². The van der Waals surface area contributed by atoms with Crippen LogP contribution in [0.1, 0.15) is 54.8 Å². The molecule has 2 aliphatic rings. The van der Waals surface area contributed by atoms with Crippen LogP contribution in [-0.4, -0.2) is 40.7 Å².